The number of thiazole rings is 1. The van der Waals surface area contributed by atoms with Crippen LogP contribution in [0, 0.1) is 6.92 Å². The Kier molecular flexibility index (Phi) is 3.91. The quantitative estimate of drug-likeness (QED) is 0.883. The Hall–Kier alpha value is -1.20. The normalized spacial score (nSPS) is 12.9. The third-order valence-electron chi connectivity index (χ3n) is 2.74. The first-order valence-corrected chi connectivity index (χ1v) is 6.70. The molecule has 0 spiro atoms. The molecule has 1 unspecified atom stereocenters. The first kappa shape index (κ1) is 12.3. The van der Waals surface area contributed by atoms with Crippen molar-refractivity contribution < 1.29 is 0 Å². The molecule has 0 fully saturated rings. The van der Waals surface area contributed by atoms with E-state index in [1.54, 1.807) is 11.3 Å². The van der Waals surface area contributed by atoms with Crippen LogP contribution in [0.4, 0.5) is 0 Å². The van der Waals surface area contributed by atoms with Gasteiger partial charge in [0.05, 0.1) is 10.7 Å². The van der Waals surface area contributed by atoms with Crippen molar-refractivity contribution in [2.75, 3.05) is 6.54 Å². The molecule has 0 bridgehead atoms. The summed E-state index contributed by atoms with van der Waals surface area (Å²) in [5.74, 6) is 0. The number of nitrogens with zero attached hydrogens (tertiary/aromatic N) is 3. The maximum atomic E-state index is 4.40. The van der Waals surface area contributed by atoms with E-state index in [-0.39, 0.29) is 0 Å². The van der Waals surface area contributed by atoms with Crippen LogP contribution in [0.2, 0.25) is 0 Å². The van der Waals surface area contributed by atoms with Crippen LogP contribution in [-0.2, 0) is 13.5 Å². The summed E-state index contributed by atoms with van der Waals surface area (Å²) in [5, 5.41) is 11.1. The summed E-state index contributed by atoms with van der Waals surface area (Å²) in [4.78, 5) is 4.35. The fraction of sp³-hybridized carbons (Fsp3) is 0.500. The van der Waals surface area contributed by atoms with Gasteiger partial charge < -0.3 is 5.32 Å². The van der Waals surface area contributed by atoms with Crippen molar-refractivity contribution in [3.05, 3.63) is 34.0 Å². The van der Waals surface area contributed by atoms with Crippen molar-refractivity contribution in [1.29, 1.82) is 0 Å². The molecule has 2 aromatic heterocycles. The lowest BCUT2D eigenvalue weighted by Gasteiger charge is -2.15. The summed E-state index contributed by atoms with van der Waals surface area (Å²) in [6.07, 6.45) is 4.88. The van der Waals surface area contributed by atoms with Crippen LogP contribution < -0.4 is 5.32 Å². The summed E-state index contributed by atoms with van der Waals surface area (Å²) in [7, 11) is 1.96. The number of rotatable bonds is 5. The molecular formula is C12H18N4S. The predicted octanol–water partition coefficient (Wildman–Crippen LogP) is 2.08. The lowest BCUT2D eigenvalue weighted by atomic mass is 10.1. The summed E-state index contributed by atoms with van der Waals surface area (Å²) < 4.78 is 1.87. The maximum Gasteiger partial charge on any atom is 0.0943 e. The highest BCUT2D eigenvalue weighted by Crippen LogP contribution is 2.21. The fourth-order valence-electron chi connectivity index (χ4n) is 2.03. The molecule has 5 heteroatoms. The van der Waals surface area contributed by atoms with Gasteiger partial charge in [0.15, 0.2) is 0 Å². The molecule has 0 aliphatic rings. The first-order chi connectivity index (χ1) is 8.20. The number of hydrogen-bond acceptors (Lipinski definition) is 4. The second kappa shape index (κ2) is 5.42. The average Bonchev–Trinajstić information content (AvgIpc) is 2.88. The van der Waals surface area contributed by atoms with Crippen LogP contribution >= 0.6 is 11.3 Å². The molecule has 0 aliphatic heterocycles. The zero-order valence-electron chi connectivity index (χ0n) is 10.5. The minimum absolute atomic E-state index is 0.305. The Balaban J connectivity index is 2.19. The van der Waals surface area contributed by atoms with Gasteiger partial charge in [0.2, 0.25) is 0 Å². The minimum Gasteiger partial charge on any atom is -0.310 e. The summed E-state index contributed by atoms with van der Waals surface area (Å²) in [5.41, 5.74) is 2.36. The van der Waals surface area contributed by atoms with Crippen molar-refractivity contribution in [3.8, 4) is 0 Å². The Morgan fingerprint density at radius 1 is 1.53 bits per heavy atom. The van der Waals surface area contributed by atoms with Crippen molar-refractivity contribution in [1.82, 2.24) is 20.1 Å². The average molecular weight is 250 g/mol. The Morgan fingerprint density at radius 2 is 2.35 bits per heavy atom. The number of likely N-dealkylation sites (N-methyl/N-ethyl adjacent to an activating group) is 1. The standard InChI is InChI=1S/C12H18N4S/c1-4-13-11(7-12-14-5-6-17-12)10-8-16(3)15-9(10)2/h5-6,8,11,13H,4,7H2,1-3H3. The molecule has 0 saturated heterocycles. The summed E-state index contributed by atoms with van der Waals surface area (Å²) in [6.45, 7) is 5.13. The van der Waals surface area contributed by atoms with Crippen molar-refractivity contribution >= 4 is 11.3 Å². The van der Waals surface area contributed by atoms with Crippen LogP contribution in [0.1, 0.15) is 29.2 Å². The van der Waals surface area contributed by atoms with Gasteiger partial charge in [-0.15, -0.1) is 11.3 Å². The van der Waals surface area contributed by atoms with Crippen molar-refractivity contribution in [2.24, 2.45) is 7.05 Å². The molecule has 17 heavy (non-hydrogen) atoms. The molecule has 0 amide bonds. The third-order valence-corrected chi connectivity index (χ3v) is 3.54. The van der Waals surface area contributed by atoms with Crippen LogP contribution in [0.15, 0.2) is 17.8 Å². The predicted molar refractivity (Wildman–Crippen MR) is 70.2 cm³/mol. The fourth-order valence-corrected chi connectivity index (χ4v) is 2.69. The summed E-state index contributed by atoms with van der Waals surface area (Å²) in [6, 6.07) is 0.305. The first-order valence-electron chi connectivity index (χ1n) is 5.82. The topological polar surface area (TPSA) is 42.7 Å². The number of nitrogens with one attached hydrogen (secondary N) is 1. The van der Waals surface area contributed by atoms with Gasteiger partial charge in [-0.1, -0.05) is 6.92 Å². The number of hydrogen-bond donors (Lipinski definition) is 1. The van der Waals surface area contributed by atoms with E-state index in [1.807, 2.05) is 23.3 Å². The molecular weight excluding hydrogens is 232 g/mol. The molecule has 2 rings (SSSR count). The van der Waals surface area contributed by atoms with Crippen LogP contribution in [0.5, 0.6) is 0 Å². The van der Waals surface area contributed by atoms with E-state index in [4.69, 9.17) is 0 Å². The van der Waals surface area contributed by atoms with E-state index in [9.17, 15) is 0 Å². The van der Waals surface area contributed by atoms with Crippen LogP contribution in [0.3, 0.4) is 0 Å². The second-order valence-corrected chi connectivity index (χ2v) is 5.06. The highest BCUT2D eigenvalue weighted by Gasteiger charge is 2.17. The molecule has 2 heterocycles. The number of aryl methyl sites for hydroxylation is 2. The Labute approximate surface area is 106 Å². The van der Waals surface area contributed by atoms with Crippen molar-refractivity contribution in [3.63, 3.8) is 0 Å². The number of aromatic nitrogens is 3. The van der Waals surface area contributed by atoms with Crippen molar-refractivity contribution in [2.45, 2.75) is 26.3 Å². The van der Waals surface area contributed by atoms with E-state index >= 15 is 0 Å². The third kappa shape index (κ3) is 2.92. The van der Waals surface area contributed by atoms with Gasteiger partial charge in [0, 0.05) is 42.8 Å². The lowest BCUT2D eigenvalue weighted by molar-refractivity contribution is 0.546. The van der Waals surface area contributed by atoms with Gasteiger partial charge in [-0.2, -0.15) is 5.10 Å². The SMILES string of the molecule is CCNC(Cc1nccs1)c1cn(C)nc1C. The monoisotopic (exact) mass is 250 g/mol. The van der Waals surface area contributed by atoms with Gasteiger partial charge in [-0.3, -0.25) is 4.68 Å². The molecule has 0 aromatic carbocycles. The van der Waals surface area contributed by atoms with E-state index in [0.717, 1.165) is 18.7 Å². The molecule has 1 atom stereocenters. The molecule has 0 aliphatic carbocycles. The van der Waals surface area contributed by atoms with E-state index in [2.05, 4.69) is 35.4 Å². The zero-order chi connectivity index (χ0) is 12.3. The van der Waals surface area contributed by atoms with Crippen LogP contribution in [0.25, 0.3) is 0 Å². The highest BCUT2D eigenvalue weighted by molar-refractivity contribution is 7.09. The van der Waals surface area contributed by atoms with E-state index in [0.29, 0.717) is 6.04 Å². The van der Waals surface area contributed by atoms with Gasteiger partial charge >= 0.3 is 0 Å². The maximum absolute atomic E-state index is 4.40. The highest BCUT2D eigenvalue weighted by atomic mass is 32.1. The molecule has 4 nitrogen and oxygen atoms in total. The molecule has 92 valence electrons. The van der Waals surface area contributed by atoms with E-state index in [1.165, 1.54) is 10.6 Å². The second-order valence-electron chi connectivity index (χ2n) is 4.08. The Morgan fingerprint density at radius 3 is 2.88 bits per heavy atom. The van der Waals surface area contributed by atoms with Gasteiger partial charge in [0.25, 0.3) is 0 Å². The zero-order valence-corrected chi connectivity index (χ0v) is 11.3. The summed E-state index contributed by atoms with van der Waals surface area (Å²) >= 11 is 1.71. The molecule has 1 N–H and O–H groups in total. The van der Waals surface area contributed by atoms with E-state index < -0.39 is 0 Å². The van der Waals surface area contributed by atoms with Gasteiger partial charge in [0.1, 0.15) is 0 Å². The molecule has 2 aromatic rings. The lowest BCUT2D eigenvalue weighted by Crippen LogP contribution is -2.23. The molecule has 0 saturated carbocycles. The van der Waals surface area contributed by atoms with Gasteiger partial charge in [-0.25, -0.2) is 4.98 Å². The van der Waals surface area contributed by atoms with Crippen LogP contribution in [-0.4, -0.2) is 21.3 Å². The largest absolute Gasteiger partial charge is 0.310 e. The van der Waals surface area contributed by atoms with Gasteiger partial charge in [-0.05, 0) is 13.5 Å². The smallest absolute Gasteiger partial charge is 0.0943 e. The molecule has 0 radical (unpaired) electrons. The minimum atomic E-state index is 0.305. The Bertz CT molecular complexity index is 461.